The normalized spacial score (nSPS) is 10.3. The summed E-state index contributed by atoms with van der Waals surface area (Å²) < 4.78 is 0. The lowest BCUT2D eigenvalue weighted by atomic mass is 9.86. The van der Waals surface area contributed by atoms with Gasteiger partial charge in [0.1, 0.15) is 0 Å². The summed E-state index contributed by atoms with van der Waals surface area (Å²) >= 11 is 0. The standard InChI is InChI=1S/C25H16N2/c1-17-14-22-4-2-3-5-23(22)25(21-12-8-19(16-27)9-13-21)24(17)20-10-6-18(15-26)7-11-20/h2-14H,1H3. The highest BCUT2D eigenvalue weighted by Gasteiger charge is 2.15. The van der Waals surface area contributed by atoms with Crippen molar-refractivity contribution in [2.45, 2.75) is 6.92 Å². The zero-order chi connectivity index (χ0) is 18.8. The van der Waals surface area contributed by atoms with E-state index < -0.39 is 0 Å². The third-order valence-corrected chi connectivity index (χ3v) is 4.85. The SMILES string of the molecule is Cc1cc2ccccc2c(-c2ccc(C#N)cc2)c1-c1ccc(C#N)cc1. The Morgan fingerprint density at radius 3 is 1.70 bits per heavy atom. The van der Waals surface area contributed by atoms with Crippen molar-refractivity contribution < 1.29 is 0 Å². The van der Waals surface area contributed by atoms with E-state index in [-0.39, 0.29) is 0 Å². The van der Waals surface area contributed by atoms with E-state index in [9.17, 15) is 0 Å². The number of rotatable bonds is 2. The second-order valence-electron chi connectivity index (χ2n) is 6.54. The van der Waals surface area contributed by atoms with Gasteiger partial charge in [0.15, 0.2) is 0 Å². The molecule has 4 aromatic rings. The van der Waals surface area contributed by atoms with E-state index in [1.165, 1.54) is 16.3 Å². The average Bonchev–Trinajstić information content (AvgIpc) is 2.73. The lowest BCUT2D eigenvalue weighted by Gasteiger charge is -2.17. The van der Waals surface area contributed by atoms with E-state index in [1.807, 2.05) is 60.7 Å². The Morgan fingerprint density at radius 1 is 0.630 bits per heavy atom. The summed E-state index contributed by atoms with van der Waals surface area (Å²) in [5.74, 6) is 0. The lowest BCUT2D eigenvalue weighted by Crippen LogP contribution is -1.92. The van der Waals surface area contributed by atoms with E-state index in [0.717, 1.165) is 22.3 Å². The molecule has 0 saturated heterocycles. The number of hydrogen-bond acceptors (Lipinski definition) is 2. The summed E-state index contributed by atoms with van der Waals surface area (Å²) in [5, 5.41) is 20.6. The van der Waals surface area contributed by atoms with Gasteiger partial charge in [-0.25, -0.2) is 0 Å². The van der Waals surface area contributed by atoms with Crippen LogP contribution in [0.3, 0.4) is 0 Å². The van der Waals surface area contributed by atoms with Crippen LogP contribution in [0.25, 0.3) is 33.0 Å². The van der Waals surface area contributed by atoms with Gasteiger partial charge in [0.2, 0.25) is 0 Å². The van der Waals surface area contributed by atoms with Crippen molar-refractivity contribution >= 4 is 10.8 Å². The first kappa shape index (κ1) is 16.6. The monoisotopic (exact) mass is 344 g/mol. The molecular formula is C25H16N2. The van der Waals surface area contributed by atoms with Crippen LogP contribution >= 0.6 is 0 Å². The van der Waals surface area contributed by atoms with E-state index >= 15 is 0 Å². The number of benzene rings is 4. The quantitative estimate of drug-likeness (QED) is 0.433. The Morgan fingerprint density at radius 2 is 1.15 bits per heavy atom. The van der Waals surface area contributed by atoms with Gasteiger partial charge in [-0.3, -0.25) is 0 Å². The summed E-state index contributed by atoms with van der Waals surface area (Å²) in [6, 6.07) is 30.4. The highest BCUT2D eigenvalue weighted by Crippen LogP contribution is 2.40. The van der Waals surface area contributed by atoms with Crippen molar-refractivity contribution in [2.75, 3.05) is 0 Å². The minimum Gasteiger partial charge on any atom is -0.192 e. The van der Waals surface area contributed by atoms with Crippen LogP contribution in [-0.4, -0.2) is 0 Å². The number of aryl methyl sites for hydroxylation is 1. The molecule has 0 unspecified atom stereocenters. The molecule has 0 radical (unpaired) electrons. The van der Waals surface area contributed by atoms with Gasteiger partial charge in [0, 0.05) is 0 Å². The maximum Gasteiger partial charge on any atom is 0.0991 e. The fourth-order valence-corrected chi connectivity index (χ4v) is 3.58. The molecule has 2 nitrogen and oxygen atoms in total. The topological polar surface area (TPSA) is 47.6 Å². The van der Waals surface area contributed by atoms with Crippen LogP contribution in [-0.2, 0) is 0 Å². The Balaban J connectivity index is 2.06. The van der Waals surface area contributed by atoms with Gasteiger partial charge in [-0.05, 0) is 69.8 Å². The molecule has 0 aliphatic carbocycles. The van der Waals surface area contributed by atoms with E-state index in [2.05, 4.69) is 37.3 Å². The Labute approximate surface area is 158 Å². The molecule has 0 heterocycles. The molecule has 0 amide bonds. The molecular weight excluding hydrogens is 328 g/mol. The highest BCUT2D eigenvalue weighted by atomic mass is 14.2. The molecule has 0 fully saturated rings. The molecule has 4 aromatic carbocycles. The predicted octanol–water partition coefficient (Wildman–Crippen LogP) is 6.23. The van der Waals surface area contributed by atoms with Crippen LogP contribution in [0.1, 0.15) is 16.7 Å². The Hall–Kier alpha value is -3.88. The average molecular weight is 344 g/mol. The van der Waals surface area contributed by atoms with Gasteiger partial charge in [-0.2, -0.15) is 10.5 Å². The molecule has 0 spiro atoms. The summed E-state index contributed by atoms with van der Waals surface area (Å²) in [6.45, 7) is 2.12. The third-order valence-electron chi connectivity index (χ3n) is 4.85. The summed E-state index contributed by atoms with van der Waals surface area (Å²) in [5.41, 5.74) is 6.94. The van der Waals surface area contributed by atoms with Gasteiger partial charge in [0.05, 0.1) is 23.3 Å². The Kier molecular flexibility index (Phi) is 4.17. The van der Waals surface area contributed by atoms with Crippen LogP contribution in [0.15, 0.2) is 78.9 Å². The summed E-state index contributed by atoms with van der Waals surface area (Å²) in [6.07, 6.45) is 0. The first-order valence-electron chi connectivity index (χ1n) is 8.74. The zero-order valence-electron chi connectivity index (χ0n) is 14.9. The minimum atomic E-state index is 0.649. The maximum absolute atomic E-state index is 9.12. The molecule has 0 bridgehead atoms. The molecule has 27 heavy (non-hydrogen) atoms. The van der Waals surface area contributed by atoms with E-state index in [1.54, 1.807) is 0 Å². The van der Waals surface area contributed by atoms with Crippen molar-refractivity contribution in [3.05, 3.63) is 95.6 Å². The molecule has 2 heteroatoms. The summed E-state index contributed by atoms with van der Waals surface area (Å²) in [4.78, 5) is 0. The number of nitriles is 2. The number of nitrogens with zero attached hydrogens (tertiary/aromatic N) is 2. The van der Waals surface area contributed by atoms with Gasteiger partial charge < -0.3 is 0 Å². The molecule has 0 saturated carbocycles. The third kappa shape index (κ3) is 2.95. The number of fused-ring (bicyclic) bond motifs is 1. The fraction of sp³-hybridized carbons (Fsp3) is 0.0400. The second kappa shape index (κ2) is 6.79. The first-order valence-corrected chi connectivity index (χ1v) is 8.74. The van der Waals surface area contributed by atoms with E-state index in [0.29, 0.717) is 11.1 Å². The Bertz CT molecular complexity index is 1220. The molecule has 126 valence electrons. The van der Waals surface area contributed by atoms with Crippen molar-refractivity contribution in [3.8, 4) is 34.4 Å². The molecule has 4 rings (SSSR count). The van der Waals surface area contributed by atoms with Crippen LogP contribution in [0.2, 0.25) is 0 Å². The smallest absolute Gasteiger partial charge is 0.0991 e. The molecule has 0 aromatic heterocycles. The largest absolute Gasteiger partial charge is 0.192 e. The van der Waals surface area contributed by atoms with Crippen molar-refractivity contribution in [3.63, 3.8) is 0 Å². The molecule has 0 aliphatic rings. The van der Waals surface area contributed by atoms with E-state index in [4.69, 9.17) is 10.5 Å². The van der Waals surface area contributed by atoms with Crippen molar-refractivity contribution in [2.24, 2.45) is 0 Å². The molecule has 0 N–H and O–H groups in total. The van der Waals surface area contributed by atoms with Gasteiger partial charge >= 0.3 is 0 Å². The molecule has 0 atom stereocenters. The van der Waals surface area contributed by atoms with Crippen molar-refractivity contribution in [1.29, 1.82) is 10.5 Å². The van der Waals surface area contributed by atoms with Gasteiger partial charge in [-0.1, -0.05) is 54.6 Å². The summed E-state index contributed by atoms with van der Waals surface area (Å²) in [7, 11) is 0. The highest BCUT2D eigenvalue weighted by molar-refractivity contribution is 6.05. The number of hydrogen-bond donors (Lipinski definition) is 0. The zero-order valence-corrected chi connectivity index (χ0v) is 14.9. The molecule has 0 aliphatic heterocycles. The van der Waals surface area contributed by atoms with Crippen molar-refractivity contribution in [1.82, 2.24) is 0 Å². The maximum atomic E-state index is 9.12. The van der Waals surface area contributed by atoms with Gasteiger partial charge in [-0.15, -0.1) is 0 Å². The fourth-order valence-electron chi connectivity index (χ4n) is 3.58. The first-order chi connectivity index (χ1) is 13.2. The van der Waals surface area contributed by atoms with Crippen LogP contribution in [0.4, 0.5) is 0 Å². The minimum absolute atomic E-state index is 0.649. The lowest BCUT2D eigenvalue weighted by molar-refractivity contribution is 1.45. The second-order valence-corrected chi connectivity index (χ2v) is 6.54. The predicted molar refractivity (Wildman–Crippen MR) is 109 cm³/mol. The van der Waals surface area contributed by atoms with Crippen LogP contribution in [0.5, 0.6) is 0 Å². The van der Waals surface area contributed by atoms with Crippen LogP contribution in [0, 0.1) is 29.6 Å². The van der Waals surface area contributed by atoms with Gasteiger partial charge in [0.25, 0.3) is 0 Å². The van der Waals surface area contributed by atoms with Crippen LogP contribution < -0.4 is 0 Å².